The molecule has 0 aliphatic rings. The van der Waals surface area contributed by atoms with Gasteiger partial charge in [-0.3, -0.25) is 4.79 Å². The Morgan fingerprint density at radius 1 is 1.20 bits per heavy atom. The summed E-state index contributed by atoms with van der Waals surface area (Å²) in [5.41, 5.74) is 12.4. The molecule has 0 unspecified atom stereocenters. The van der Waals surface area contributed by atoms with E-state index in [4.69, 9.17) is 21.5 Å². The zero-order valence-corrected chi connectivity index (χ0v) is 10.7. The van der Waals surface area contributed by atoms with E-state index < -0.39 is 5.91 Å². The number of hydrogen-bond acceptors (Lipinski definition) is 4. The first-order valence-corrected chi connectivity index (χ1v) is 5.95. The largest absolute Gasteiger partial charge is 0.456 e. The van der Waals surface area contributed by atoms with E-state index in [1.807, 2.05) is 0 Å². The van der Waals surface area contributed by atoms with Gasteiger partial charge in [-0.1, -0.05) is 6.07 Å². The molecule has 100 valence electrons. The van der Waals surface area contributed by atoms with Crippen LogP contribution in [0.5, 0.6) is 11.5 Å². The minimum atomic E-state index is -0.499. The van der Waals surface area contributed by atoms with Gasteiger partial charge in [-0.15, -0.1) is 0 Å². The molecule has 0 saturated heterocycles. The summed E-state index contributed by atoms with van der Waals surface area (Å²) in [6, 6.07) is 13.6. The summed E-state index contributed by atoms with van der Waals surface area (Å²) in [5, 5.41) is 9.10. The number of carbonyl (C=O) groups is 1. The van der Waals surface area contributed by atoms with Gasteiger partial charge in [0, 0.05) is 12.1 Å². The topological polar surface area (TPSA) is 102 Å². The lowest BCUT2D eigenvalue weighted by Gasteiger charge is -2.08. The number of amides is 1. The lowest BCUT2D eigenvalue weighted by molar-refractivity contribution is 0.100. The average molecular weight is 267 g/mol. The number of nitrogens with zero attached hydrogens (tertiary/aromatic N) is 1. The van der Waals surface area contributed by atoms with Crippen molar-refractivity contribution in [3.05, 3.63) is 59.2 Å². The molecule has 0 aliphatic heterocycles. The van der Waals surface area contributed by atoms with Crippen molar-refractivity contribution in [3.8, 4) is 17.6 Å². The SMILES string of the molecule is N#Cc1cc(CN)ccc1Oc1ccc(C(N)=O)cc1. The minimum Gasteiger partial charge on any atom is -0.456 e. The van der Waals surface area contributed by atoms with Crippen LogP contribution in [0, 0.1) is 11.3 Å². The molecule has 0 radical (unpaired) electrons. The number of primary amides is 1. The third kappa shape index (κ3) is 2.94. The highest BCUT2D eigenvalue weighted by atomic mass is 16.5. The number of benzene rings is 2. The van der Waals surface area contributed by atoms with Gasteiger partial charge in [0.25, 0.3) is 0 Å². The Kier molecular flexibility index (Phi) is 3.99. The molecule has 2 aromatic rings. The molecule has 5 nitrogen and oxygen atoms in total. The van der Waals surface area contributed by atoms with Crippen LogP contribution >= 0.6 is 0 Å². The number of ether oxygens (including phenoxy) is 1. The summed E-state index contributed by atoms with van der Waals surface area (Å²) in [4.78, 5) is 11.0. The van der Waals surface area contributed by atoms with Gasteiger partial charge in [0.05, 0.1) is 5.56 Å². The Morgan fingerprint density at radius 3 is 2.45 bits per heavy atom. The van der Waals surface area contributed by atoms with Gasteiger partial charge in [0.1, 0.15) is 17.6 Å². The highest BCUT2D eigenvalue weighted by Crippen LogP contribution is 2.26. The fourth-order valence-corrected chi connectivity index (χ4v) is 1.69. The van der Waals surface area contributed by atoms with Crippen LogP contribution in [0.3, 0.4) is 0 Å². The maximum absolute atomic E-state index is 11.0. The summed E-state index contributed by atoms with van der Waals surface area (Å²) in [5.74, 6) is 0.463. The van der Waals surface area contributed by atoms with E-state index in [0.717, 1.165) is 5.56 Å². The smallest absolute Gasteiger partial charge is 0.248 e. The summed E-state index contributed by atoms with van der Waals surface area (Å²) < 4.78 is 5.62. The van der Waals surface area contributed by atoms with Crippen LogP contribution in [0.25, 0.3) is 0 Å². The molecule has 1 amide bonds. The molecule has 0 bridgehead atoms. The molecular weight excluding hydrogens is 254 g/mol. The van der Waals surface area contributed by atoms with Crippen LogP contribution in [0.2, 0.25) is 0 Å². The molecule has 2 aromatic carbocycles. The second-order valence-electron chi connectivity index (χ2n) is 4.14. The maximum Gasteiger partial charge on any atom is 0.248 e. The number of hydrogen-bond donors (Lipinski definition) is 2. The van der Waals surface area contributed by atoms with Gasteiger partial charge in [-0.25, -0.2) is 0 Å². The van der Waals surface area contributed by atoms with Crippen molar-refractivity contribution in [1.82, 2.24) is 0 Å². The van der Waals surface area contributed by atoms with Crippen LogP contribution in [0.15, 0.2) is 42.5 Å². The van der Waals surface area contributed by atoms with E-state index in [-0.39, 0.29) is 0 Å². The zero-order chi connectivity index (χ0) is 14.5. The predicted molar refractivity (Wildman–Crippen MR) is 74.1 cm³/mol. The summed E-state index contributed by atoms with van der Waals surface area (Å²) >= 11 is 0. The highest BCUT2D eigenvalue weighted by Gasteiger charge is 2.06. The second kappa shape index (κ2) is 5.87. The average Bonchev–Trinajstić information content (AvgIpc) is 2.48. The Labute approximate surface area is 116 Å². The van der Waals surface area contributed by atoms with Gasteiger partial charge in [0.15, 0.2) is 0 Å². The van der Waals surface area contributed by atoms with Crippen molar-refractivity contribution < 1.29 is 9.53 Å². The standard InChI is InChI=1S/C15H13N3O2/c16-8-10-1-6-14(12(7-10)9-17)20-13-4-2-11(3-5-13)15(18)19/h1-7H,8,16H2,(H2,18,19). The third-order valence-corrected chi connectivity index (χ3v) is 2.77. The molecule has 0 heterocycles. The van der Waals surface area contributed by atoms with Crippen molar-refractivity contribution in [2.75, 3.05) is 0 Å². The van der Waals surface area contributed by atoms with E-state index in [1.165, 1.54) is 0 Å². The molecule has 4 N–H and O–H groups in total. The van der Waals surface area contributed by atoms with Gasteiger partial charge in [0.2, 0.25) is 5.91 Å². The van der Waals surface area contributed by atoms with Crippen LogP contribution in [-0.2, 0) is 6.54 Å². The van der Waals surface area contributed by atoms with Crippen LogP contribution in [0.4, 0.5) is 0 Å². The van der Waals surface area contributed by atoms with Crippen LogP contribution < -0.4 is 16.2 Å². The van der Waals surface area contributed by atoms with E-state index in [2.05, 4.69) is 6.07 Å². The molecule has 0 saturated carbocycles. The highest BCUT2D eigenvalue weighted by molar-refractivity contribution is 5.92. The zero-order valence-electron chi connectivity index (χ0n) is 10.7. The summed E-state index contributed by atoms with van der Waals surface area (Å²) in [7, 11) is 0. The van der Waals surface area contributed by atoms with Crippen LogP contribution in [0.1, 0.15) is 21.5 Å². The fourth-order valence-electron chi connectivity index (χ4n) is 1.69. The van der Waals surface area contributed by atoms with E-state index in [9.17, 15) is 4.79 Å². The van der Waals surface area contributed by atoms with Crippen molar-refractivity contribution in [3.63, 3.8) is 0 Å². The quantitative estimate of drug-likeness (QED) is 0.883. The molecule has 0 fully saturated rings. The normalized spacial score (nSPS) is 9.80. The van der Waals surface area contributed by atoms with E-state index in [0.29, 0.717) is 29.2 Å². The maximum atomic E-state index is 11.0. The number of nitrogens with two attached hydrogens (primary N) is 2. The molecular formula is C15H13N3O2. The lowest BCUT2D eigenvalue weighted by Crippen LogP contribution is -2.10. The fraction of sp³-hybridized carbons (Fsp3) is 0.0667. The molecule has 5 heteroatoms. The van der Waals surface area contributed by atoms with Gasteiger partial charge in [-0.05, 0) is 42.0 Å². The Bertz CT molecular complexity index is 673. The summed E-state index contributed by atoms with van der Waals surface area (Å²) in [6.45, 7) is 0.363. The van der Waals surface area contributed by atoms with Crippen molar-refractivity contribution >= 4 is 5.91 Å². The Morgan fingerprint density at radius 2 is 1.90 bits per heavy atom. The van der Waals surface area contributed by atoms with E-state index >= 15 is 0 Å². The molecule has 20 heavy (non-hydrogen) atoms. The second-order valence-corrected chi connectivity index (χ2v) is 4.14. The Hall–Kier alpha value is -2.84. The van der Waals surface area contributed by atoms with Gasteiger partial charge >= 0.3 is 0 Å². The first-order valence-electron chi connectivity index (χ1n) is 5.95. The molecule has 0 spiro atoms. The number of nitriles is 1. The number of rotatable bonds is 4. The number of carbonyl (C=O) groups excluding carboxylic acids is 1. The first-order chi connectivity index (χ1) is 9.63. The predicted octanol–water partition coefficient (Wildman–Crippen LogP) is 1.91. The first kappa shape index (κ1) is 13.6. The van der Waals surface area contributed by atoms with Crippen molar-refractivity contribution in [2.45, 2.75) is 6.54 Å². The molecule has 0 aromatic heterocycles. The lowest BCUT2D eigenvalue weighted by atomic mass is 10.1. The monoisotopic (exact) mass is 267 g/mol. The van der Waals surface area contributed by atoms with Crippen molar-refractivity contribution in [1.29, 1.82) is 5.26 Å². The molecule has 2 rings (SSSR count). The van der Waals surface area contributed by atoms with Crippen molar-refractivity contribution in [2.24, 2.45) is 11.5 Å². The summed E-state index contributed by atoms with van der Waals surface area (Å²) in [6.07, 6.45) is 0. The third-order valence-electron chi connectivity index (χ3n) is 2.77. The minimum absolute atomic E-state index is 0.363. The van der Waals surface area contributed by atoms with Gasteiger partial charge in [-0.2, -0.15) is 5.26 Å². The molecule has 0 aliphatic carbocycles. The van der Waals surface area contributed by atoms with Gasteiger partial charge < -0.3 is 16.2 Å². The van der Waals surface area contributed by atoms with Crippen LogP contribution in [-0.4, -0.2) is 5.91 Å². The van der Waals surface area contributed by atoms with E-state index in [1.54, 1.807) is 42.5 Å². The molecule has 0 atom stereocenters. The Balaban J connectivity index is 2.26.